The van der Waals surface area contributed by atoms with Gasteiger partial charge in [0.2, 0.25) is 0 Å². The smallest absolute Gasteiger partial charge is 0.00305 e. The Hall–Kier alpha value is -6.24. The van der Waals surface area contributed by atoms with Crippen molar-refractivity contribution in [2.75, 3.05) is 0 Å². The molecule has 0 fully saturated rings. The van der Waals surface area contributed by atoms with Crippen molar-refractivity contribution in [1.29, 1.82) is 0 Å². The molecule has 1 unspecified atom stereocenters. The topological polar surface area (TPSA) is 0 Å². The highest BCUT2D eigenvalue weighted by molar-refractivity contribution is 6.24. The molecule has 0 nitrogen and oxygen atoms in total. The first kappa shape index (κ1) is 33.6. The lowest BCUT2D eigenvalue weighted by Crippen LogP contribution is -2.02. The van der Waals surface area contributed by atoms with E-state index >= 15 is 0 Å². The lowest BCUT2D eigenvalue weighted by atomic mass is 9.82. The number of hydrogen-bond acceptors (Lipinski definition) is 0. The molecule has 0 radical (unpaired) electrons. The minimum absolute atomic E-state index is 0.335. The number of hydrogen-bond donors (Lipinski definition) is 0. The first-order chi connectivity index (χ1) is 26.5. The van der Waals surface area contributed by atoms with Crippen molar-refractivity contribution in [3.8, 4) is 33.4 Å². The molecule has 0 N–H and O–H groups in total. The van der Waals surface area contributed by atoms with E-state index in [1.54, 1.807) is 0 Å². The maximum absolute atomic E-state index is 2.42. The summed E-state index contributed by atoms with van der Waals surface area (Å²) in [5, 5.41) is 7.64. The van der Waals surface area contributed by atoms with Crippen molar-refractivity contribution in [3.63, 3.8) is 0 Å². The van der Waals surface area contributed by atoms with Gasteiger partial charge < -0.3 is 0 Å². The van der Waals surface area contributed by atoms with Gasteiger partial charge in [-0.3, -0.25) is 0 Å². The van der Waals surface area contributed by atoms with Crippen molar-refractivity contribution in [2.24, 2.45) is 5.92 Å². The van der Waals surface area contributed by atoms with E-state index in [-0.39, 0.29) is 0 Å². The lowest BCUT2D eigenvalue weighted by molar-refractivity contribution is 0.795. The van der Waals surface area contributed by atoms with E-state index in [2.05, 4.69) is 204 Å². The predicted octanol–water partition coefficient (Wildman–Crippen LogP) is 15.1. The zero-order chi connectivity index (χ0) is 36.8. The Morgan fingerprint density at radius 2 is 0.926 bits per heavy atom. The minimum atomic E-state index is 0.335. The van der Waals surface area contributed by atoms with Crippen LogP contribution >= 0.6 is 0 Å². The van der Waals surface area contributed by atoms with Crippen LogP contribution < -0.4 is 0 Å². The Morgan fingerprint density at radius 1 is 0.426 bits per heavy atom. The fourth-order valence-electron chi connectivity index (χ4n) is 9.24. The summed E-state index contributed by atoms with van der Waals surface area (Å²) in [6, 6.07) is 56.6. The second kappa shape index (κ2) is 14.0. The predicted molar refractivity (Wildman–Crippen MR) is 235 cm³/mol. The van der Waals surface area contributed by atoms with E-state index < -0.39 is 0 Å². The molecule has 0 spiro atoms. The molecule has 1 atom stereocenters. The van der Waals surface area contributed by atoms with Crippen LogP contribution in [0.3, 0.4) is 0 Å². The summed E-state index contributed by atoms with van der Waals surface area (Å²) in [5.74, 6) is 0.335. The van der Waals surface area contributed by atoms with E-state index in [4.69, 9.17) is 0 Å². The Balaban J connectivity index is 1.29. The Kier molecular flexibility index (Phi) is 8.68. The summed E-state index contributed by atoms with van der Waals surface area (Å²) in [6.45, 7) is 8.97. The van der Waals surface area contributed by atoms with E-state index in [9.17, 15) is 0 Å². The fraction of sp³-hybridized carbons (Fsp3) is 0.111. The monoisotopic (exact) mass is 692 g/mol. The fourth-order valence-corrected chi connectivity index (χ4v) is 9.24. The molecule has 0 aromatic heterocycles. The lowest BCUT2D eigenvalue weighted by Gasteiger charge is -2.21. The summed E-state index contributed by atoms with van der Waals surface area (Å²) >= 11 is 0. The number of allylic oxidation sites excluding steroid dienone is 6. The zero-order valence-electron chi connectivity index (χ0n) is 31.5. The number of rotatable bonds is 6. The Bertz CT molecular complexity index is 2740. The van der Waals surface area contributed by atoms with Gasteiger partial charge in [0.05, 0.1) is 0 Å². The highest BCUT2D eigenvalue weighted by Gasteiger charge is 2.22. The van der Waals surface area contributed by atoms with E-state index in [1.165, 1.54) is 105 Å². The third-order valence-corrected chi connectivity index (χ3v) is 11.4. The van der Waals surface area contributed by atoms with E-state index in [0.717, 1.165) is 6.42 Å². The van der Waals surface area contributed by atoms with Gasteiger partial charge in [-0.15, -0.1) is 0 Å². The van der Waals surface area contributed by atoms with Crippen molar-refractivity contribution >= 4 is 43.5 Å². The summed E-state index contributed by atoms with van der Waals surface area (Å²) in [5.41, 5.74) is 16.8. The number of fused-ring (bicyclic) bond motifs is 3. The molecular weight excluding hydrogens is 649 g/mol. The molecule has 8 aromatic rings. The van der Waals surface area contributed by atoms with Crippen molar-refractivity contribution in [2.45, 2.75) is 34.1 Å². The number of aryl methyl sites for hydroxylation is 3. The van der Waals surface area contributed by atoms with Crippen molar-refractivity contribution in [3.05, 3.63) is 204 Å². The second-order valence-electron chi connectivity index (χ2n) is 14.9. The minimum Gasteiger partial charge on any atom is -0.0770 e. The van der Waals surface area contributed by atoms with Gasteiger partial charge in [-0.05, 0) is 132 Å². The molecule has 8 aromatic carbocycles. The highest BCUT2D eigenvalue weighted by Crippen LogP contribution is 2.47. The standard InChI is InChI=1S/C54H44/c1-5-38-18-9-10-23-42(52(38)39-19-7-6-8-20-39)40-21-15-22-41(34-40)53-47-24-11-13-26-49(47)54(50-27-14-12-25-48(50)53)46-31-17-28-43-44(46)29-16-30-45(43)51-36(3)32-35(2)33-37(51)4/h6-34,38H,5H2,1-4H3. The maximum Gasteiger partial charge on any atom is 0.00305 e. The van der Waals surface area contributed by atoms with Crippen LogP contribution in [0.4, 0.5) is 0 Å². The Morgan fingerprint density at radius 3 is 1.54 bits per heavy atom. The molecule has 0 amide bonds. The van der Waals surface area contributed by atoms with Crippen LogP contribution in [-0.2, 0) is 0 Å². The van der Waals surface area contributed by atoms with Crippen LogP contribution in [0, 0.1) is 26.7 Å². The van der Waals surface area contributed by atoms with E-state index in [1.807, 2.05) is 0 Å². The average Bonchev–Trinajstić information content (AvgIpc) is 3.43. The van der Waals surface area contributed by atoms with Crippen LogP contribution in [0.1, 0.15) is 41.2 Å². The van der Waals surface area contributed by atoms with Crippen LogP contribution in [-0.4, -0.2) is 0 Å². The molecule has 0 heterocycles. The summed E-state index contributed by atoms with van der Waals surface area (Å²) in [4.78, 5) is 0. The molecule has 0 heteroatoms. The maximum atomic E-state index is 2.42. The molecule has 0 aliphatic heterocycles. The van der Waals surface area contributed by atoms with Gasteiger partial charge in [0, 0.05) is 5.92 Å². The van der Waals surface area contributed by atoms with Gasteiger partial charge in [0.25, 0.3) is 0 Å². The average molecular weight is 693 g/mol. The highest BCUT2D eigenvalue weighted by atomic mass is 14.3. The molecule has 1 aliphatic carbocycles. The Labute approximate surface area is 319 Å². The molecule has 260 valence electrons. The molecule has 0 bridgehead atoms. The van der Waals surface area contributed by atoms with Gasteiger partial charge in [-0.2, -0.15) is 0 Å². The molecular formula is C54H44. The SMILES string of the molecule is CCC1C=CC=CC(c2cccc(-c3c4ccccc4c(-c4cccc5c(-c6c(C)cc(C)cc6C)cccc45)c4ccccc34)c2)=C1c1ccccc1. The van der Waals surface area contributed by atoms with Crippen LogP contribution in [0.2, 0.25) is 0 Å². The third-order valence-electron chi connectivity index (χ3n) is 11.4. The van der Waals surface area contributed by atoms with Gasteiger partial charge in [0.1, 0.15) is 0 Å². The van der Waals surface area contributed by atoms with Gasteiger partial charge in [-0.1, -0.05) is 182 Å². The molecule has 9 rings (SSSR count). The number of benzene rings is 8. The normalized spacial score (nSPS) is 14.3. The van der Waals surface area contributed by atoms with Gasteiger partial charge >= 0.3 is 0 Å². The molecule has 0 saturated heterocycles. The summed E-state index contributed by atoms with van der Waals surface area (Å²) in [7, 11) is 0. The van der Waals surface area contributed by atoms with Gasteiger partial charge in [0.15, 0.2) is 0 Å². The first-order valence-electron chi connectivity index (χ1n) is 19.3. The van der Waals surface area contributed by atoms with Crippen LogP contribution in [0.15, 0.2) is 176 Å². The van der Waals surface area contributed by atoms with E-state index in [0.29, 0.717) is 5.92 Å². The molecule has 54 heavy (non-hydrogen) atoms. The molecule has 0 saturated carbocycles. The van der Waals surface area contributed by atoms with Crippen molar-refractivity contribution < 1.29 is 0 Å². The second-order valence-corrected chi connectivity index (χ2v) is 14.9. The quantitative estimate of drug-likeness (QED) is 0.152. The summed E-state index contributed by atoms with van der Waals surface area (Å²) < 4.78 is 0. The largest absolute Gasteiger partial charge is 0.0770 e. The van der Waals surface area contributed by atoms with Gasteiger partial charge in [-0.25, -0.2) is 0 Å². The summed E-state index contributed by atoms with van der Waals surface area (Å²) in [6.07, 6.45) is 10.1. The van der Waals surface area contributed by atoms with Crippen molar-refractivity contribution in [1.82, 2.24) is 0 Å². The van der Waals surface area contributed by atoms with Crippen LogP contribution in [0.25, 0.3) is 76.8 Å². The zero-order valence-corrected chi connectivity index (χ0v) is 31.5. The first-order valence-corrected chi connectivity index (χ1v) is 19.3. The third kappa shape index (κ3) is 5.71. The molecule has 1 aliphatic rings. The van der Waals surface area contributed by atoms with Crippen LogP contribution in [0.5, 0.6) is 0 Å².